The number of carbonyl (C=O) groups excluding carboxylic acids is 2. The van der Waals surface area contributed by atoms with Crippen LogP contribution >= 0.6 is 0 Å². The number of piperidine rings is 1. The molecule has 1 saturated carbocycles. The summed E-state index contributed by atoms with van der Waals surface area (Å²) >= 11 is 0. The zero-order chi connectivity index (χ0) is 18.1. The van der Waals surface area contributed by atoms with Gasteiger partial charge in [0, 0.05) is 31.6 Å². The summed E-state index contributed by atoms with van der Waals surface area (Å²) in [5, 5.41) is 6.58. The quantitative estimate of drug-likeness (QED) is 0.821. The number of carbonyl (C=O) groups is 2. The summed E-state index contributed by atoms with van der Waals surface area (Å²) in [4.78, 5) is 27.6. The molecule has 2 saturated heterocycles. The van der Waals surface area contributed by atoms with Crippen LogP contribution in [0.5, 0.6) is 0 Å². The van der Waals surface area contributed by atoms with Crippen LogP contribution in [0, 0.1) is 22.7 Å². The lowest BCUT2D eigenvalue weighted by molar-refractivity contribution is -0.147. The van der Waals surface area contributed by atoms with Crippen LogP contribution in [-0.2, 0) is 9.59 Å². The van der Waals surface area contributed by atoms with Crippen molar-refractivity contribution in [2.24, 2.45) is 22.7 Å². The summed E-state index contributed by atoms with van der Waals surface area (Å²) in [7, 11) is 0. The van der Waals surface area contributed by atoms with Gasteiger partial charge in [-0.25, -0.2) is 0 Å². The van der Waals surface area contributed by atoms with Gasteiger partial charge in [-0.1, -0.05) is 33.6 Å². The van der Waals surface area contributed by atoms with Gasteiger partial charge in [0.2, 0.25) is 11.8 Å². The van der Waals surface area contributed by atoms with Gasteiger partial charge < -0.3 is 15.5 Å². The predicted octanol–water partition coefficient (Wildman–Crippen LogP) is 2.17. The average molecular weight is 350 g/mol. The lowest BCUT2D eigenvalue weighted by atomic mass is 9.67. The minimum Gasteiger partial charge on any atom is -0.355 e. The van der Waals surface area contributed by atoms with Crippen LogP contribution in [0.2, 0.25) is 0 Å². The second-order valence-electron chi connectivity index (χ2n) is 9.45. The molecular weight excluding hydrogens is 314 g/mol. The van der Waals surface area contributed by atoms with E-state index < -0.39 is 0 Å². The van der Waals surface area contributed by atoms with Crippen molar-refractivity contribution in [3.63, 3.8) is 0 Å². The number of hydrogen-bond acceptors (Lipinski definition) is 3. The highest BCUT2D eigenvalue weighted by Crippen LogP contribution is 2.45. The first-order valence-corrected chi connectivity index (χ1v) is 10.1. The molecule has 25 heavy (non-hydrogen) atoms. The van der Waals surface area contributed by atoms with E-state index >= 15 is 0 Å². The zero-order valence-corrected chi connectivity index (χ0v) is 16.2. The smallest absolute Gasteiger partial charge is 0.230 e. The molecule has 2 aliphatic heterocycles. The van der Waals surface area contributed by atoms with Gasteiger partial charge in [-0.05, 0) is 44.1 Å². The lowest BCUT2D eigenvalue weighted by Crippen LogP contribution is -2.53. The molecule has 3 aliphatic rings. The number of amides is 2. The van der Waals surface area contributed by atoms with Crippen molar-refractivity contribution in [1.82, 2.24) is 15.5 Å². The van der Waals surface area contributed by atoms with E-state index in [1.54, 1.807) is 0 Å². The zero-order valence-electron chi connectivity index (χ0n) is 16.2. The van der Waals surface area contributed by atoms with Crippen LogP contribution in [0.15, 0.2) is 0 Å². The van der Waals surface area contributed by atoms with Gasteiger partial charge in [-0.2, -0.15) is 0 Å². The molecule has 2 amide bonds. The van der Waals surface area contributed by atoms with Gasteiger partial charge in [-0.3, -0.25) is 9.59 Å². The van der Waals surface area contributed by atoms with E-state index in [0.29, 0.717) is 24.3 Å². The maximum absolute atomic E-state index is 13.4. The summed E-state index contributed by atoms with van der Waals surface area (Å²) < 4.78 is 0. The Morgan fingerprint density at radius 1 is 1.20 bits per heavy atom. The number of nitrogens with one attached hydrogen (secondary N) is 2. The predicted molar refractivity (Wildman–Crippen MR) is 99.0 cm³/mol. The van der Waals surface area contributed by atoms with Gasteiger partial charge in [-0.15, -0.1) is 0 Å². The summed E-state index contributed by atoms with van der Waals surface area (Å²) in [6.07, 6.45) is 6.84. The summed E-state index contributed by atoms with van der Waals surface area (Å²) in [5.74, 6) is 1.39. The lowest BCUT2D eigenvalue weighted by Gasteiger charge is -2.43. The van der Waals surface area contributed by atoms with Gasteiger partial charge in [0.1, 0.15) is 0 Å². The molecule has 3 rings (SSSR count). The number of rotatable bonds is 3. The maximum Gasteiger partial charge on any atom is 0.230 e. The Labute approximate surface area is 152 Å². The van der Waals surface area contributed by atoms with Crippen LogP contribution in [0.3, 0.4) is 0 Å². The topological polar surface area (TPSA) is 61.4 Å². The normalized spacial score (nSPS) is 33.0. The summed E-state index contributed by atoms with van der Waals surface area (Å²) in [5.41, 5.74) is -0.497. The standard InChI is InChI=1S/C20H35N3O2/c1-19(2,3)17(24)22-11-15-7-6-10-23(13-15)18(25)20-9-5-4-8-16(20)12-21-14-20/h15-16,21H,4-14H2,1-3H3,(H,22,24)/t15?,16-,20+/m0/s1. The Balaban J connectivity index is 1.59. The molecule has 5 heteroatoms. The van der Waals surface area contributed by atoms with Crippen molar-refractivity contribution in [2.45, 2.75) is 59.3 Å². The third-order valence-corrected chi connectivity index (χ3v) is 6.50. The third kappa shape index (κ3) is 3.86. The van der Waals surface area contributed by atoms with Crippen LogP contribution in [0.4, 0.5) is 0 Å². The number of hydrogen-bond donors (Lipinski definition) is 2. The van der Waals surface area contributed by atoms with E-state index in [4.69, 9.17) is 0 Å². The minimum absolute atomic E-state index is 0.0990. The van der Waals surface area contributed by atoms with E-state index in [1.165, 1.54) is 19.3 Å². The van der Waals surface area contributed by atoms with Gasteiger partial charge in [0.05, 0.1) is 5.41 Å². The number of nitrogens with zero attached hydrogens (tertiary/aromatic N) is 1. The minimum atomic E-state index is -0.353. The van der Waals surface area contributed by atoms with Crippen LogP contribution in [-0.4, -0.2) is 49.4 Å². The molecule has 1 unspecified atom stereocenters. The Morgan fingerprint density at radius 2 is 2.00 bits per heavy atom. The van der Waals surface area contributed by atoms with E-state index in [1.807, 2.05) is 20.8 Å². The van der Waals surface area contributed by atoms with E-state index in [2.05, 4.69) is 15.5 Å². The second kappa shape index (κ2) is 7.26. The molecule has 2 heterocycles. The molecule has 0 aromatic heterocycles. The molecule has 0 radical (unpaired) electrons. The first-order chi connectivity index (χ1) is 11.8. The molecule has 0 bridgehead atoms. The molecule has 0 spiro atoms. The third-order valence-electron chi connectivity index (χ3n) is 6.50. The van der Waals surface area contributed by atoms with Gasteiger partial charge in [0.25, 0.3) is 0 Å². The maximum atomic E-state index is 13.4. The highest BCUT2D eigenvalue weighted by Gasteiger charge is 2.51. The molecule has 5 nitrogen and oxygen atoms in total. The largest absolute Gasteiger partial charge is 0.355 e. The van der Waals surface area contributed by atoms with Crippen molar-refractivity contribution in [3.8, 4) is 0 Å². The van der Waals surface area contributed by atoms with Crippen LogP contribution in [0.25, 0.3) is 0 Å². The fourth-order valence-corrected chi connectivity index (χ4v) is 4.90. The monoisotopic (exact) mass is 349 g/mol. The van der Waals surface area contributed by atoms with Crippen molar-refractivity contribution in [3.05, 3.63) is 0 Å². The molecule has 3 fully saturated rings. The van der Waals surface area contributed by atoms with Crippen molar-refractivity contribution < 1.29 is 9.59 Å². The fourth-order valence-electron chi connectivity index (χ4n) is 4.90. The Bertz CT molecular complexity index is 514. The first-order valence-electron chi connectivity index (χ1n) is 10.1. The SMILES string of the molecule is CC(C)(C)C(=O)NCC1CCCN(C(=O)[C@@]23CCCC[C@H]2CNC3)C1. The van der Waals surface area contributed by atoms with E-state index in [9.17, 15) is 9.59 Å². The average Bonchev–Trinajstić information content (AvgIpc) is 3.03. The molecule has 0 aromatic carbocycles. The van der Waals surface area contributed by atoms with Crippen molar-refractivity contribution in [2.75, 3.05) is 32.7 Å². The van der Waals surface area contributed by atoms with E-state index in [0.717, 1.165) is 45.4 Å². The molecule has 142 valence electrons. The Hall–Kier alpha value is -1.10. The van der Waals surface area contributed by atoms with Gasteiger partial charge in [0.15, 0.2) is 0 Å². The second-order valence-corrected chi connectivity index (χ2v) is 9.45. The molecule has 2 N–H and O–H groups in total. The van der Waals surface area contributed by atoms with Crippen LogP contribution < -0.4 is 10.6 Å². The molecule has 0 aromatic rings. The Kier molecular flexibility index (Phi) is 5.42. The number of likely N-dealkylation sites (tertiary alicyclic amines) is 1. The number of fused-ring (bicyclic) bond motifs is 1. The van der Waals surface area contributed by atoms with Gasteiger partial charge >= 0.3 is 0 Å². The van der Waals surface area contributed by atoms with Crippen molar-refractivity contribution in [1.29, 1.82) is 0 Å². The fraction of sp³-hybridized carbons (Fsp3) is 0.900. The molecular formula is C20H35N3O2. The van der Waals surface area contributed by atoms with Crippen LogP contribution in [0.1, 0.15) is 59.3 Å². The molecule has 3 atom stereocenters. The van der Waals surface area contributed by atoms with E-state index in [-0.39, 0.29) is 16.7 Å². The highest BCUT2D eigenvalue weighted by atomic mass is 16.2. The van der Waals surface area contributed by atoms with Crippen molar-refractivity contribution >= 4 is 11.8 Å². The first kappa shape index (κ1) is 18.7. The summed E-state index contributed by atoms with van der Waals surface area (Å²) in [6.45, 7) is 10.1. The summed E-state index contributed by atoms with van der Waals surface area (Å²) in [6, 6.07) is 0. The highest BCUT2D eigenvalue weighted by molar-refractivity contribution is 5.84. The molecule has 1 aliphatic carbocycles. The Morgan fingerprint density at radius 3 is 2.76 bits per heavy atom.